The van der Waals surface area contributed by atoms with Crippen molar-refractivity contribution in [3.05, 3.63) is 40.6 Å². The molecule has 0 fully saturated rings. The number of methoxy groups -OCH3 is 1. The third kappa shape index (κ3) is 2.45. The van der Waals surface area contributed by atoms with E-state index in [1.54, 1.807) is 0 Å². The Morgan fingerprint density at radius 2 is 1.86 bits per heavy atom. The number of aromatic nitrogens is 2. The molecule has 2 aromatic heterocycles. The standard InChI is InChI=1S/C16H16N2O2.C2H6/c1-8-5-12-13-9(2)6-11(16(19)20-4)10(3)14(13)18-15(12)17-7-8;1-2/h5-7H,1-4H3,(H,17,18);1-2H3. The number of carbonyl (C=O) groups is 1. The van der Waals surface area contributed by atoms with E-state index in [1.165, 1.54) is 7.11 Å². The number of pyridine rings is 1. The molecule has 0 spiro atoms. The van der Waals surface area contributed by atoms with Gasteiger partial charge in [-0.15, -0.1) is 0 Å². The van der Waals surface area contributed by atoms with Crippen LogP contribution < -0.4 is 0 Å². The van der Waals surface area contributed by atoms with Gasteiger partial charge in [0.2, 0.25) is 0 Å². The zero-order chi connectivity index (χ0) is 16.4. The number of carbonyl (C=O) groups excluding carboxylic acids is 1. The first-order valence-corrected chi connectivity index (χ1v) is 7.49. The minimum Gasteiger partial charge on any atom is -0.465 e. The van der Waals surface area contributed by atoms with Crippen molar-refractivity contribution >= 4 is 27.9 Å². The number of fused-ring (bicyclic) bond motifs is 3. The van der Waals surface area contributed by atoms with Gasteiger partial charge in [-0.3, -0.25) is 0 Å². The number of ether oxygens (including phenoxy) is 1. The Balaban J connectivity index is 0.000000847. The van der Waals surface area contributed by atoms with Crippen LogP contribution in [0.2, 0.25) is 0 Å². The number of hydrogen-bond acceptors (Lipinski definition) is 3. The van der Waals surface area contributed by atoms with Crippen molar-refractivity contribution in [2.75, 3.05) is 7.11 Å². The van der Waals surface area contributed by atoms with Gasteiger partial charge >= 0.3 is 5.97 Å². The number of rotatable bonds is 1. The largest absolute Gasteiger partial charge is 0.465 e. The van der Waals surface area contributed by atoms with Gasteiger partial charge in [-0.25, -0.2) is 9.78 Å². The lowest BCUT2D eigenvalue weighted by Crippen LogP contribution is -2.04. The molecule has 0 aliphatic heterocycles. The first-order chi connectivity index (χ1) is 10.5. The van der Waals surface area contributed by atoms with Gasteiger partial charge < -0.3 is 9.72 Å². The second-order valence-electron chi connectivity index (χ2n) is 5.14. The van der Waals surface area contributed by atoms with Gasteiger partial charge in [0, 0.05) is 17.0 Å². The van der Waals surface area contributed by atoms with Crippen molar-refractivity contribution in [3.8, 4) is 0 Å². The molecule has 0 aliphatic carbocycles. The lowest BCUT2D eigenvalue weighted by Gasteiger charge is -2.07. The number of nitrogens with one attached hydrogen (secondary N) is 1. The molecule has 22 heavy (non-hydrogen) atoms. The Morgan fingerprint density at radius 3 is 2.50 bits per heavy atom. The highest BCUT2D eigenvalue weighted by atomic mass is 16.5. The fraction of sp³-hybridized carbons (Fsp3) is 0.333. The summed E-state index contributed by atoms with van der Waals surface area (Å²) in [6.45, 7) is 9.95. The van der Waals surface area contributed by atoms with Crippen molar-refractivity contribution in [1.82, 2.24) is 9.97 Å². The Labute approximate surface area is 130 Å². The van der Waals surface area contributed by atoms with E-state index in [4.69, 9.17) is 4.74 Å². The average molecular weight is 298 g/mol. The summed E-state index contributed by atoms with van der Waals surface area (Å²) in [6, 6.07) is 4.00. The number of hydrogen-bond donors (Lipinski definition) is 1. The van der Waals surface area contributed by atoms with Crippen molar-refractivity contribution in [1.29, 1.82) is 0 Å². The van der Waals surface area contributed by atoms with Crippen LogP contribution in [0.1, 0.15) is 40.9 Å². The quantitative estimate of drug-likeness (QED) is 0.675. The van der Waals surface area contributed by atoms with E-state index in [2.05, 4.69) is 16.0 Å². The summed E-state index contributed by atoms with van der Waals surface area (Å²) >= 11 is 0. The van der Waals surface area contributed by atoms with Crippen molar-refractivity contribution in [2.24, 2.45) is 0 Å². The van der Waals surface area contributed by atoms with E-state index in [9.17, 15) is 4.79 Å². The van der Waals surface area contributed by atoms with E-state index in [0.717, 1.165) is 38.6 Å². The summed E-state index contributed by atoms with van der Waals surface area (Å²) in [6.07, 6.45) is 1.84. The number of H-pyrrole nitrogens is 1. The number of nitrogens with zero attached hydrogens (tertiary/aromatic N) is 1. The van der Waals surface area contributed by atoms with E-state index < -0.39 is 0 Å². The molecule has 3 rings (SSSR count). The average Bonchev–Trinajstić information content (AvgIpc) is 2.91. The molecule has 0 unspecified atom stereocenters. The van der Waals surface area contributed by atoms with Crippen LogP contribution >= 0.6 is 0 Å². The second kappa shape index (κ2) is 6.18. The fourth-order valence-corrected chi connectivity index (χ4v) is 2.72. The van der Waals surface area contributed by atoms with Crippen LogP contribution in [0.15, 0.2) is 18.3 Å². The lowest BCUT2D eigenvalue weighted by molar-refractivity contribution is 0.0600. The van der Waals surface area contributed by atoms with Crippen LogP contribution in [0.3, 0.4) is 0 Å². The predicted octanol–water partition coefficient (Wildman–Crippen LogP) is 4.45. The van der Waals surface area contributed by atoms with E-state index in [0.29, 0.717) is 5.56 Å². The monoisotopic (exact) mass is 298 g/mol. The Morgan fingerprint density at radius 1 is 1.18 bits per heavy atom. The van der Waals surface area contributed by atoms with Crippen molar-refractivity contribution in [3.63, 3.8) is 0 Å². The normalized spacial score (nSPS) is 10.5. The highest BCUT2D eigenvalue weighted by Crippen LogP contribution is 2.32. The zero-order valence-corrected chi connectivity index (χ0v) is 14.0. The molecular weight excluding hydrogens is 276 g/mol. The summed E-state index contributed by atoms with van der Waals surface area (Å²) in [5.74, 6) is -0.310. The summed E-state index contributed by atoms with van der Waals surface area (Å²) < 4.78 is 4.85. The number of aromatic amines is 1. The van der Waals surface area contributed by atoms with Gasteiger partial charge in [0.15, 0.2) is 0 Å². The maximum Gasteiger partial charge on any atom is 0.338 e. The van der Waals surface area contributed by atoms with E-state index >= 15 is 0 Å². The fourth-order valence-electron chi connectivity index (χ4n) is 2.72. The van der Waals surface area contributed by atoms with Gasteiger partial charge in [0.25, 0.3) is 0 Å². The summed E-state index contributed by atoms with van der Waals surface area (Å²) in [5.41, 5.74) is 5.46. The third-order valence-corrected chi connectivity index (χ3v) is 3.73. The molecule has 0 saturated carbocycles. The van der Waals surface area contributed by atoms with Crippen molar-refractivity contribution in [2.45, 2.75) is 34.6 Å². The van der Waals surface area contributed by atoms with Gasteiger partial charge in [-0.1, -0.05) is 13.8 Å². The van der Waals surface area contributed by atoms with Crippen LogP contribution in [-0.4, -0.2) is 23.0 Å². The summed E-state index contributed by atoms with van der Waals surface area (Å²) in [4.78, 5) is 19.6. The molecule has 2 heterocycles. The molecule has 1 aromatic carbocycles. The molecule has 0 radical (unpaired) electrons. The molecule has 4 heteroatoms. The molecular formula is C18H22N2O2. The van der Waals surface area contributed by atoms with Gasteiger partial charge in [0.1, 0.15) is 5.65 Å². The molecule has 0 aliphatic rings. The van der Waals surface area contributed by atoms with Crippen LogP contribution in [-0.2, 0) is 4.74 Å². The minimum absolute atomic E-state index is 0.310. The Bertz CT molecular complexity index is 847. The SMILES string of the molecule is CC.COC(=O)c1cc(C)c2c([nH]c3ncc(C)cc32)c1C. The molecule has 4 nitrogen and oxygen atoms in total. The zero-order valence-electron chi connectivity index (χ0n) is 14.0. The molecule has 0 saturated heterocycles. The molecule has 3 aromatic rings. The maximum atomic E-state index is 11.8. The van der Waals surface area contributed by atoms with Crippen LogP contribution in [0.25, 0.3) is 21.9 Å². The molecule has 1 N–H and O–H groups in total. The highest BCUT2D eigenvalue weighted by Gasteiger charge is 2.17. The van der Waals surface area contributed by atoms with Gasteiger partial charge in [0.05, 0.1) is 18.2 Å². The van der Waals surface area contributed by atoms with E-state index in [-0.39, 0.29) is 5.97 Å². The summed E-state index contributed by atoms with van der Waals surface area (Å²) in [7, 11) is 1.40. The van der Waals surface area contributed by atoms with Crippen molar-refractivity contribution < 1.29 is 9.53 Å². The Kier molecular flexibility index (Phi) is 4.50. The second-order valence-corrected chi connectivity index (χ2v) is 5.14. The van der Waals surface area contributed by atoms with Crippen LogP contribution in [0.5, 0.6) is 0 Å². The minimum atomic E-state index is -0.310. The molecule has 0 bridgehead atoms. The van der Waals surface area contributed by atoms with E-state index in [1.807, 2.05) is 46.9 Å². The highest BCUT2D eigenvalue weighted by molar-refractivity contribution is 6.11. The predicted molar refractivity (Wildman–Crippen MR) is 90.5 cm³/mol. The first kappa shape index (κ1) is 16.0. The molecule has 0 atom stereocenters. The molecule has 116 valence electrons. The van der Waals surface area contributed by atoms with Gasteiger partial charge in [-0.05, 0) is 49.6 Å². The maximum absolute atomic E-state index is 11.8. The number of esters is 1. The summed E-state index contributed by atoms with van der Waals surface area (Å²) in [5, 5.41) is 2.22. The number of benzene rings is 1. The lowest BCUT2D eigenvalue weighted by atomic mass is 9.99. The first-order valence-electron chi connectivity index (χ1n) is 7.49. The van der Waals surface area contributed by atoms with Crippen LogP contribution in [0.4, 0.5) is 0 Å². The van der Waals surface area contributed by atoms with Gasteiger partial charge in [-0.2, -0.15) is 0 Å². The third-order valence-electron chi connectivity index (χ3n) is 3.73. The van der Waals surface area contributed by atoms with Crippen LogP contribution in [0, 0.1) is 20.8 Å². The topological polar surface area (TPSA) is 55.0 Å². The molecule has 0 amide bonds. The number of aryl methyl sites for hydroxylation is 3. The Hall–Kier alpha value is -2.36. The smallest absolute Gasteiger partial charge is 0.338 e.